The quantitative estimate of drug-likeness (QED) is 0.845. The first-order chi connectivity index (χ1) is 9.46. The molecule has 2 heterocycles. The Morgan fingerprint density at radius 1 is 1.05 bits per heavy atom. The van der Waals surface area contributed by atoms with Gasteiger partial charge >= 0.3 is 6.29 Å². The van der Waals surface area contributed by atoms with Gasteiger partial charge in [0.15, 0.2) is 17.3 Å². The summed E-state index contributed by atoms with van der Waals surface area (Å²) in [5.74, 6) is 0.634. The highest BCUT2D eigenvalue weighted by Gasteiger charge is 2.43. The first kappa shape index (κ1) is 12.6. The third-order valence-corrected chi connectivity index (χ3v) is 2.78. The first-order valence-electron chi connectivity index (χ1n) is 5.85. The monoisotopic (exact) mass is 279 g/mol. The van der Waals surface area contributed by atoms with Gasteiger partial charge in [0, 0.05) is 32.1 Å². The van der Waals surface area contributed by atoms with E-state index in [1.165, 1.54) is 12.1 Å². The molecule has 0 radical (unpaired) electrons. The van der Waals surface area contributed by atoms with Gasteiger partial charge in [0.2, 0.25) is 0 Å². The normalized spacial score (nSPS) is 15.2. The second kappa shape index (κ2) is 4.29. The number of nitrogens with zero attached hydrogens (tertiary/aromatic N) is 3. The van der Waals surface area contributed by atoms with Crippen LogP contribution in [0, 0.1) is 0 Å². The van der Waals surface area contributed by atoms with E-state index in [1.807, 2.05) is 14.1 Å². The van der Waals surface area contributed by atoms with Crippen molar-refractivity contribution in [2.75, 3.05) is 19.0 Å². The lowest BCUT2D eigenvalue weighted by Crippen LogP contribution is -2.25. The Hall–Kier alpha value is -2.44. The largest absolute Gasteiger partial charge is 0.586 e. The smallest absolute Gasteiger partial charge is 0.395 e. The molecule has 0 N–H and O–H groups in total. The van der Waals surface area contributed by atoms with Crippen LogP contribution in [-0.4, -0.2) is 30.4 Å². The lowest BCUT2D eigenvalue weighted by atomic mass is 10.1. The van der Waals surface area contributed by atoms with Gasteiger partial charge in [-0.1, -0.05) is 0 Å². The number of halogens is 2. The highest BCUT2D eigenvalue weighted by Crippen LogP contribution is 2.43. The number of hydrogen-bond acceptors (Lipinski definition) is 5. The summed E-state index contributed by atoms with van der Waals surface area (Å²) in [7, 11) is 3.66. The molecule has 3 rings (SSSR count). The van der Waals surface area contributed by atoms with Crippen LogP contribution >= 0.6 is 0 Å². The minimum absolute atomic E-state index is 0.00837. The van der Waals surface area contributed by atoms with Crippen LogP contribution in [0.5, 0.6) is 11.5 Å². The molecule has 0 spiro atoms. The fourth-order valence-corrected chi connectivity index (χ4v) is 1.96. The zero-order valence-electron chi connectivity index (χ0n) is 10.8. The van der Waals surface area contributed by atoms with E-state index in [2.05, 4.69) is 19.4 Å². The van der Waals surface area contributed by atoms with Gasteiger partial charge in [0.25, 0.3) is 0 Å². The van der Waals surface area contributed by atoms with E-state index < -0.39 is 6.29 Å². The van der Waals surface area contributed by atoms with Crippen LogP contribution in [0.15, 0.2) is 30.6 Å². The minimum atomic E-state index is -3.62. The highest BCUT2D eigenvalue weighted by molar-refractivity contribution is 5.73. The zero-order valence-corrected chi connectivity index (χ0v) is 10.8. The summed E-state index contributed by atoms with van der Waals surface area (Å²) in [5, 5.41) is 0. The van der Waals surface area contributed by atoms with Crippen molar-refractivity contribution in [3.63, 3.8) is 0 Å². The third-order valence-electron chi connectivity index (χ3n) is 2.78. The van der Waals surface area contributed by atoms with Crippen molar-refractivity contribution in [1.29, 1.82) is 0 Å². The van der Waals surface area contributed by atoms with Crippen molar-refractivity contribution >= 4 is 5.82 Å². The van der Waals surface area contributed by atoms with Gasteiger partial charge < -0.3 is 14.4 Å². The third kappa shape index (κ3) is 2.11. The lowest BCUT2D eigenvalue weighted by Gasteiger charge is -2.14. The Morgan fingerprint density at radius 2 is 1.75 bits per heavy atom. The molecule has 0 saturated carbocycles. The molecule has 7 heteroatoms. The second-order valence-electron chi connectivity index (χ2n) is 4.45. The standard InChI is InChI=1S/C13H11F2N3O2/c1-18(2)12-11(16-5-6-17-12)8-3-4-9-10(7-8)20-13(14,15)19-9/h3-7H,1-2H3. The average molecular weight is 279 g/mol. The van der Waals surface area contributed by atoms with E-state index in [4.69, 9.17) is 0 Å². The maximum absolute atomic E-state index is 13.0. The van der Waals surface area contributed by atoms with Crippen molar-refractivity contribution in [3.05, 3.63) is 30.6 Å². The number of alkyl halides is 2. The van der Waals surface area contributed by atoms with Gasteiger partial charge in [-0.2, -0.15) is 0 Å². The summed E-state index contributed by atoms with van der Waals surface area (Å²) in [6.45, 7) is 0. The molecule has 1 aromatic heterocycles. The molecule has 0 saturated heterocycles. The molecule has 0 atom stereocenters. The van der Waals surface area contributed by atoms with Crippen LogP contribution in [0.1, 0.15) is 0 Å². The van der Waals surface area contributed by atoms with Crippen molar-refractivity contribution in [1.82, 2.24) is 9.97 Å². The van der Waals surface area contributed by atoms with Crippen LogP contribution in [0.25, 0.3) is 11.3 Å². The van der Waals surface area contributed by atoms with Gasteiger partial charge in [0.1, 0.15) is 5.69 Å². The van der Waals surface area contributed by atoms with Gasteiger partial charge in [-0.05, 0) is 18.2 Å². The summed E-state index contributed by atoms with van der Waals surface area (Å²) in [6.07, 6.45) is -0.505. The number of benzene rings is 1. The van der Waals surface area contributed by atoms with E-state index in [9.17, 15) is 8.78 Å². The molecule has 0 bridgehead atoms. The molecular weight excluding hydrogens is 268 g/mol. The Balaban J connectivity index is 2.06. The predicted octanol–water partition coefficient (Wildman–Crippen LogP) is 2.53. The van der Waals surface area contributed by atoms with Gasteiger partial charge in [-0.15, -0.1) is 8.78 Å². The molecule has 104 valence electrons. The Morgan fingerprint density at radius 3 is 2.50 bits per heavy atom. The zero-order chi connectivity index (χ0) is 14.3. The molecule has 0 aliphatic carbocycles. The number of ether oxygens (including phenoxy) is 2. The summed E-state index contributed by atoms with van der Waals surface area (Å²) >= 11 is 0. The molecule has 2 aromatic rings. The van der Waals surface area contributed by atoms with Crippen molar-refractivity contribution < 1.29 is 18.3 Å². The minimum Gasteiger partial charge on any atom is -0.395 e. The molecule has 1 aliphatic heterocycles. The number of anilines is 1. The highest BCUT2D eigenvalue weighted by atomic mass is 19.3. The van der Waals surface area contributed by atoms with Crippen molar-refractivity contribution in [2.24, 2.45) is 0 Å². The molecule has 0 fully saturated rings. The van der Waals surface area contributed by atoms with E-state index in [1.54, 1.807) is 23.4 Å². The molecule has 0 unspecified atom stereocenters. The fourth-order valence-electron chi connectivity index (χ4n) is 1.96. The van der Waals surface area contributed by atoms with Gasteiger partial charge in [-0.3, -0.25) is 4.98 Å². The Bertz CT molecular complexity index is 662. The van der Waals surface area contributed by atoms with Gasteiger partial charge in [0.05, 0.1) is 0 Å². The summed E-state index contributed by atoms with van der Waals surface area (Å²) in [6, 6.07) is 4.54. The maximum Gasteiger partial charge on any atom is 0.586 e. The Kier molecular flexibility index (Phi) is 2.70. The second-order valence-corrected chi connectivity index (χ2v) is 4.45. The topological polar surface area (TPSA) is 47.5 Å². The van der Waals surface area contributed by atoms with Gasteiger partial charge in [-0.25, -0.2) is 4.98 Å². The van der Waals surface area contributed by atoms with Crippen LogP contribution in [0.3, 0.4) is 0 Å². The van der Waals surface area contributed by atoms with E-state index >= 15 is 0 Å². The molecular formula is C13H11F2N3O2. The van der Waals surface area contributed by atoms with Crippen LogP contribution < -0.4 is 14.4 Å². The maximum atomic E-state index is 13.0. The SMILES string of the molecule is CN(C)c1nccnc1-c1ccc2c(c1)OC(F)(F)O2. The van der Waals surface area contributed by atoms with E-state index in [-0.39, 0.29) is 11.5 Å². The summed E-state index contributed by atoms with van der Waals surface area (Å²) in [5.41, 5.74) is 1.21. The Labute approximate surface area is 113 Å². The fraction of sp³-hybridized carbons (Fsp3) is 0.231. The number of rotatable bonds is 2. The summed E-state index contributed by atoms with van der Waals surface area (Å²) in [4.78, 5) is 10.3. The molecule has 1 aliphatic rings. The predicted molar refractivity (Wildman–Crippen MR) is 68.0 cm³/mol. The molecule has 20 heavy (non-hydrogen) atoms. The van der Waals surface area contributed by atoms with E-state index in [0.717, 1.165) is 0 Å². The molecule has 5 nitrogen and oxygen atoms in total. The number of hydrogen-bond donors (Lipinski definition) is 0. The van der Waals surface area contributed by atoms with Crippen LogP contribution in [0.2, 0.25) is 0 Å². The summed E-state index contributed by atoms with van der Waals surface area (Å²) < 4.78 is 34.8. The van der Waals surface area contributed by atoms with Crippen LogP contribution in [0.4, 0.5) is 14.6 Å². The van der Waals surface area contributed by atoms with Crippen molar-refractivity contribution in [3.8, 4) is 22.8 Å². The average Bonchev–Trinajstić information content (AvgIpc) is 2.71. The number of fused-ring (bicyclic) bond motifs is 1. The first-order valence-corrected chi connectivity index (χ1v) is 5.85. The van der Waals surface area contributed by atoms with Crippen molar-refractivity contribution in [2.45, 2.75) is 6.29 Å². The molecule has 1 aromatic carbocycles. The van der Waals surface area contributed by atoms with Crippen LogP contribution in [-0.2, 0) is 0 Å². The molecule has 0 amide bonds. The lowest BCUT2D eigenvalue weighted by molar-refractivity contribution is -0.286. The van der Waals surface area contributed by atoms with E-state index in [0.29, 0.717) is 17.1 Å². The number of aromatic nitrogens is 2.